The number of carbonyl (C=O) groups excluding carboxylic acids is 2. The molecule has 4 rings (SSSR count). The largest absolute Gasteiger partial charge is 0.496 e. The second-order valence-electron chi connectivity index (χ2n) is 7.79. The number of rotatable bonds is 6. The van der Waals surface area contributed by atoms with E-state index in [0.29, 0.717) is 12.8 Å². The highest BCUT2D eigenvalue weighted by atomic mass is 19.1. The number of esters is 1. The first kappa shape index (κ1) is 23.1. The SMILES string of the molecule is COC(=O)c1c(OC)ccnc1O[C@@H]1CC[C@@H](C)N(C(=O)c2ccc(F)cc2-n2nccn2)C1. The minimum atomic E-state index is -0.639. The predicted octanol–water partition coefficient (Wildman–Crippen LogP) is 2.67. The highest BCUT2D eigenvalue weighted by Gasteiger charge is 2.33. The van der Waals surface area contributed by atoms with Crippen molar-refractivity contribution in [3.8, 4) is 17.3 Å². The van der Waals surface area contributed by atoms with Crippen LogP contribution in [-0.4, -0.2) is 69.7 Å². The lowest BCUT2D eigenvalue weighted by molar-refractivity contribution is 0.0357. The zero-order valence-corrected chi connectivity index (χ0v) is 19.0. The number of aromatic nitrogens is 4. The van der Waals surface area contributed by atoms with Crippen molar-refractivity contribution in [2.45, 2.75) is 31.9 Å². The van der Waals surface area contributed by atoms with E-state index in [-0.39, 0.29) is 46.9 Å². The summed E-state index contributed by atoms with van der Waals surface area (Å²) in [6.45, 7) is 2.18. The molecule has 0 aliphatic carbocycles. The Morgan fingerprint density at radius 1 is 1.09 bits per heavy atom. The van der Waals surface area contributed by atoms with Crippen molar-refractivity contribution in [1.82, 2.24) is 24.9 Å². The summed E-state index contributed by atoms with van der Waals surface area (Å²) in [6, 6.07) is 5.32. The van der Waals surface area contributed by atoms with Gasteiger partial charge in [-0.2, -0.15) is 15.0 Å². The van der Waals surface area contributed by atoms with Gasteiger partial charge in [-0.1, -0.05) is 0 Å². The van der Waals surface area contributed by atoms with Crippen LogP contribution in [-0.2, 0) is 4.74 Å². The molecule has 1 aliphatic rings. The Bertz CT molecular complexity index is 1190. The Hall–Kier alpha value is -4.02. The number of benzene rings is 1. The van der Waals surface area contributed by atoms with Gasteiger partial charge in [-0.05, 0) is 38.0 Å². The van der Waals surface area contributed by atoms with E-state index in [1.807, 2.05) is 6.92 Å². The monoisotopic (exact) mass is 469 g/mol. The minimum Gasteiger partial charge on any atom is -0.496 e. The lowest BCUT2D eigenvalue weighted by atomic mass is 9.99. The number of methoxy groups -OCH3 is 2. The standard InChI is InChI=1S/C23H24FN5O5/c1-14-4-6-16(34-21-20(23(31)33-3)19(32-2)8-9-25-21)13-28(14)22(30)17-7-5-15(24)12-18(17)29-26-10-11-27-29/h5,7-12,14,16H,4,6,13H2,1-3H3/t14-,16-/m1/s1. The first-order valence-corrected chi connectivity index (χ1v) is 10.7. The van der Waals surface area contributed by atoms with E-state index in [9.17, 15) is 14.0 Å². The van der Waals surface area contributed by atoms with E-state index < -0.39 is 17.9 Å². The van der Waals surface area contributed by atoms with Gasteiger partial charge >= 0.3 is 5.97 Å². The van der Waals surface area contributed by atoms with Crippen LogP contribution in [0.3, 0.4) is 0 Å². The van der Waals surface area contributed by atoms with Crippen molar-refractivity contribution in [2.75, 3.05) is 20.8 Å². The molecule has 0 unspecified atom stereocenters. The third kappa shape index (κ3) is 4.54. The van der Waals surface area contributed by atoms with Gasteiger partial charge in [-0.15, -0.1) is 0 Å². The number of amides is 1. The highest BCUT2D eigenvalue weighted by Crippen LogP contribution is 2.30. The van der Waals surface area contributed by atoms with Gasteiger partial charge in [0, 0.05) is 18.3 Å². The quantitative estimate of drug-likeness (QED) is 0.507. The second kappa shape index (κ2) is 9.86. The minimum absolute atomic E-state index is 0.0707. The van der Waals surface area contributed by atoms with Gasteiger partial charge < -0.3 is 19.1 Å². The van der Waals surface area contributed by atoms with Gasteiger partial charge in [0.1, 0.15) is 23.4 Å². The van der Waals surface area contributed by atoms with Crippen LogP contribution in [0.1, 0.15) is 40.5 Å². The van der Waals surface area contributed by atoms with Crippen molar-refractivity contribution in [1.29, 1.82) is 0 Å². The zero-order valence-electron chi connectivity index (χ0n) is 19.0. The molecule has 2 aromatic heterocycles. The van der Waals surface area contributed by atoms with Crippen molar-refractivity contribution >= 4 is 11.9 Å². The molecule has 11 heteroatoms. The number of hydrogen-bond donors (Lipinski definition) is 0. The molecule has 3 aromatic rings. The maximum atomic E-state index is 14.0. The van der Waals surface area contributed by atoms with E-state index >= 15 is 0 Å². The van der Waals surface area contributed by atoms with E-state index in [4.69, 9.17) is 14.2 Å². The summed E-state index contributed by atoms with van der Waals surface area (Å²) in [6.07, 6.45) is 5.23. The third-order valence-electron chi connectivity index (χ3n) is 5.69. The molecule has 2 atom stereocenters. The van der Waals surface area contributed by atoms with Crippen LogP contribution in [0.25, 0.3) is 5.69 Å². The van der Waals surface area contributed by atoms with Crippen molar-refractivity contribution < 1.29 is 28.2 Å². The lowest BCUT2D eigenvalue weighted by Crippen LogP contribution is -2.49. The number of carbonyl (C=O) groups is 2. The van der Waals surface area contributed by atoms with Crippen LogP contribution in [0, 0.1) is 5.82 Å². The van der Waals surface area contributed by atoms with Crippen molar-refractivity contribution in [2.24, 2.45) is 0 Å². The molecule has 10 nitrogen and oxygen atoms in total. The van der Waals surface area contributed by atoms with E-state index in [1.165, 1.54) is 61.9 Å². The van der Waals surface area contributed by atoms with Gasteiger partial charge in [0.05, 0.1) is 38.7 Å². The molecule has 1 fully saturated rings. The Labute approximate surface area is 195 Å². The zero-order chi connectivity index (χ0) is 24.2. The smallest absolute Gasteiger partial charge is 0.347 e. The fraction of sp³-hybridized carbons (Fsp3) is 0.348. The molecule has 3 heterocycles. The molecule has 0 spiro atoms. The maximum Gasteiger partial charge on any atom is 0.347 e. The molecule has 1 aromatic carbocycles. The fourth-order valence-corrected chi connectivity index (χ4v) is 3.93. The summed E-state index contributed by atoms with van der Waals surface area (Å²) in [5.41, 5.74) is 0.585. The van der Waals surface area contributed by atoms with Gasteiger partial charge in [0.15, 0.2) is 5.56 Å². The van der Waals surface area contributed by atoms with Crippen LogP contribution < -0.4 is 9.47 Å². The van der Waals surface area contributed by atoms with Crippen molar-refractivity contribution in [3.63, 3.8) is 0 Å². The molecule has 0 N–H and O–H groups in total. The number of hydrogen-bond acceptors (Lipinski definition) is 8. The highest BCUT2D eigenvalue weighted by molar-refractivity contribution is 5.98. The summed E-state index contributed by atoms with van der Waals surface area (Å²) < 4.78 is 30.1. The summed E-state index contributed by atoms with van der Waals surface area (Å²) in [4.78, 5) is 32.9. The van der Waals surface area contributed by atoms with E-state index in [1.54, 1.807) is 4.90 Å². The first-order chi connectivity index (χ1) is 16.4. The number of nitrogens with zero attached hydrogens (tertiary/aromatic N) is 5. The number of likely N-dealkylation sites (tertiary alicyclic amines) is 1. The van der Waals surface area contributed by atoms with Crippen molar-refractivity contribution in [3.05, 3.63) is 59.8 Å². The first-order valence-electron chi connectivity index (χ1n) is 10.7. The summed E-state index contributed by atoms with van der Waals surface area (Å²) >= 11 is 0. The number of pyridine rings is 1. The molecule has 1 amide bonds. The topological polar surface area (TPSA) is 109 Å². The van der Waals surface area contributed by atoms with Gasteiger partial charge in [0.25, 0.3) is 5.91 Å². The molecular formula is C23H24FN5O5. The Kier molecular flexibility index (Phi) is 6.71. The average molecular weight is 469 g/mol. The molecule has 0 bridgehead atoms. The normalized spacial score (nSPS) is 17.8. The van der Waals surface area contributed by atoms with E-state index in [0.717, 1.165) is 0 Å². The van der Waals surface area contributed by atoms with Crippen LogP contribution in [0.2, 0.25) is 0 Å². The second-order valence-corrected chi connectivity index (χ2v) is 7.79. The number of halogens is 1. The molecule has 1 aliphatic heterocycles. The van der Waals surface area contributed by atoms with E-state index in [2.05, 4.69) is 15.2 Å². The molecule has 178 valence electrons. The third-order valence-corrected chi connectivity index (χ3v) is 5.69. The molecule has 0 radical (unpaired) electrons. The van der Waals surface area contributed by atoms with Gasteiger partial charge in [0.2, 0.25) is 5.88 Å². The number of piperidine rings is 1. The molecule has 34 heavy (non-hydrogen) atoms. The Balaban J connectivity index is 1.60. The van der Waals surface area contributed by atoms with Crippen LogP contribution in [0.15, 0.2) is 42.9 Å². The summed E-state index contributed by atoms with van der Waals surface area (Å²) in [5.74, 6) is -1.10. The fourth-order valence-electron chi connectivity index (χ4n) is 3.93. The molecular weight excluding hydrogens is 445 g/mol. The van der Waals surface area contributed by atoms with Crippen LogP contribution in [0.4, 0.5) is 4.39 Å². The summed E-state index contributed by atoms with van der Waals surface area (Å²) in [5, 5.41) is 8.07. The lowest BCUT2D eigenvalue weighted by Gasteiger charge is -2.38. The van der Waals surface area contributed by atoms with Gasteiger partial charge in [-0.25, -0.2) is 14.2 Å². The summed E-state index contributed by atoms with van der Waals surface area (Å²) in [7, 11) is 2.69. The average Bonchev–Trinajstić information content (AvgIpc) is 3.39. The maximum absolute atomic E-state index is 14.0. The predicted molar refractivity (Wildman–Crippen MR) is 118 cm³/mol. The van der Waals surface area contributed by atoms with Crippen LogP contribution >= 0.6 is 0 Å². The Morgan fingerprint density at radius 2 is 1.85 bits per heavy atom. The van der Waals surface area contributed by atoms with Gasteiger partial charge in [-0.3, -0.25) is 4.79 Å². The number of ether oxygens (including phenoxy) is 3. The molecule has 1 saturated heterocycles. The Morgan fingerprint density at radius 3 is 2.56 bits per heavy atom. The molecule has 0 saturated carbocycles. The van der Waals surface area contributed by atoms with Crippen LogP contribution in [0.5, 0.6) is 11.6 Å².